The second-order valence-electron chi connectivity index (χ2n) is 4.32. The molecule has 0 radical (unpaired) electrons. The molecule has 0 aliphatic heterocycles. The molecule has 1 unspecified atom stereocenters. The minimum atomic E-state index is -0.0522. The Morgan fingerprint density at radius 3 is 2.37 bits per heavy atom. The first kappa shape index (κ1) is 14.8. The van der Waals surface area contributed by atoms with Crippen LogP contribution in [-0.2, 0) is 0 Å². The van der Waals surface area contributed by atoms with Crippen LogP contribution < -0.4 is 5.32 Å². The summed E-state index contributed by atoms with van der Waals surface area (Å²) in [6, 6.07) is 5.53. The van der Waals surface area contributed by atoms with Gasteiger partial charge in [-0.1, -0.05) is 36.2 Å². The number of hydrogen-bond acceptors (Lipinski definition) is 3. The number of halogens is 2. The van der Waals surface area contributed by atoms with E-state index in [0.29, 0.717) is 10.0 Å². The predicted octanol–water partition coefficient (Wildman–Crippen LogP) is 4.77. The van der Waals surface area contributed by atoms with Gasteiger partial charge in [-0.2, -0.15) is 0 Å². The Labute approximate surface area is 127 Å². The van der Waals surface area contributed by atoms with Gasteiger partial charge in [-0.3, -0.25) is 0 Å². The maximum atomic E-state index is 6.31. The Hall–Kier alpha value is -0.610. The highest BCUT2D eigenvalue weighted by Gasteiger charge is 2.22. The summed E-state index contributed by atoms with van der Waals surface area (Å²) in [7, 11) is 0. The van der Waals surface area contributed by atoms with Crippen molar-refractivity contribution in [2.75, 3.05) is 6.54 Å². The first-order valence-corrected chi connectivity index (χ1v) is 7.73. The van der Waals surface area contributed by atoms with Gasteiger partial charge in [0, 0.05) is 20.5 Å². The molecule has 1 heterocycles. The second kappa shape index (κ2) is 6.23. The van der Waals surface area contributed by atoms with Crippen molar-refractivity contribution < 1.29 is 0 Å². The molecule has 102 valence electrons. The predicted molar refractivity (Wildman–Crippen MR) is 83.6 cm³/mol. The number of nitrogens with one attached hydrogen (secondary N) is 1. The molecule has 0 saturated heterocycles. The third-order valence-electron chi connectivity index (χ3n) is 2.99. The van der Waals surface area contributed by atoms with Crippen molar-refractivity contribution in [3.63, 3.8) is 0 Å². The summed E-state index contributed by atoms with van der Waals surface area (Å²) < 4.78 is 0. The van der Waals surface area contributed by atoms with Gasteiger partial charge < -0.3 is 5.32 Å². The van der Waals surface area contributed by atoms with Crippen molar-refractivity contribution in [2.45, 2.75) is 26.8 Å². The molecule has 0 aliphatic rings. The zero-order chi connectivity index (χ0) is 14.0. The second-order valence-corrected chi connectivity index (χ2v) is 6.37. The molecule has 0 bridgehead atoms. The van der Waals surface area contributed by atoms with E-state index in [4.69, 9.17) is 23.2 Å². The van der Waals surface area contributed by atoms with Crippen LogP contribution in [0.1, 0.15) is 34.1 Å². The number of thiazole rings is 1. The Morgan fingerprint density at radius 2 is 1.89 bits per heavy atom. The molecule has 5 heteroatoms. The summed E-state index contributed by atoms with van der Waals surface area (Å²) in [5.41, 5.74) is 1.97. The summed E-state index contributed by atoms with van der Waals surface area (Å²) in [5.74, 6) is 0. The van der Waals surface area contributed by atoms with Gasteiger partial charge in [0.1, 0.15) is 5.01 Å². The van der Waals surface area contributed by atoms with Gasteiger partial charge >= 0.3 is 0 Å². The van der Waals surface area contributed by atoms with Gasteiger partial charge in [0.15, 0.2) is 0 Å². The van der Waals surface area contributed by atoms with Crippen LogP contribution in [-0.4, -0.2) is 11.5 Å². The summed E-state index contributed by atoms with van der Waals surface area (Å²) >= 11 is 14.3. The first-order valence-electron chi connectivity index (χ1n) is 6.15. The fourth-order valence-corrected chi connectivity index (χ4v) is 3.55. The molecule has 0 aliphatic carbocycles. The number of rotatable bonds is 4. The molecule has 0 saturated carbocycles. The van der Waals surface area contributed by atoms with Crippen molar-refractivity contribution in [1.29, 1.82) is 0 Å². The lowest BCUT2D eigenvalue weighted by Gasteiger charge is -2.18. The molecule has 1 N–H and O–H groups in total. The summed E-state index contributed by atoms with van der Waals surface area (Å²) in [6.07, 6.45) is 0. The third-order valence-corrected chi connectivity index (χ3v) is 4.79. The van der Waals surface area contributed by atoms with Crippen LogP contribution in [0.2, 0.25) is 10.0 Å². The Kier molecular flexibility index (Phi) is 4.85. The quantitative estimate of drug-likeness (QED) is 0.879. The molecule has 0 fully saturated rings. The van der Waals surface area contributed by atoms with E-state index in [1.807, 2.05) is 25.1 Å². The lowest BCUT2D eigenvalue weighted by atomic mass is 10.1. The van der Waals surface area contributed by atoms with Crippen molar-refractivity contribution in [3.05, 3.63) is 49.4 Å². The average Bonchev–Trinajstić information content (AvgIpc) is 2.68. The van der Waals surface area contributed by atoms with E-state index < -0.39 is 0 Å². The highest BCUT2D eigenvalue weighted by molar-refractivity contribution is 7.11. The van der Waals surface area contributed by atoms with Gasteiger partial charge in [-0.15, -0.1) is 11.3 Å². The van der Waals surface area contributed by atoms with Gasteiger partial charge in [0.05, 0.1) is 11.7 Å². The molecule has 0 amide bonds. The summed E-state index contributed by atoms with van der Waals surface area (Å²) in [6.45, 7) is 6.98. The third kappa shape index (κ3) is 3.11. The van der Waals surface area contributed by atoms with E-state index in [9.17, 15) is 0 Å². The summed E-state index contributed by atoms with van der Waals surface area (Å²) in [4.78, 5) is 5.85. The van der Waals surface area contributed by atoms with Crippen LogP contribution in [0.3, 0.4) is 0 Å². The zero-order valence-corrected chi connectivity index (χ0v) is 13.5. The molecule has 1 aromatic heterocycles. The van der Waals surface area contributed by atoms with Crippen LogP contribution >= 0.6 is 34.5 Å². The Bertz CT molecular complexity index is 541. The van der Waals surface area contributed by atoms with Crippen LogP contribution in [0.4, 0.5) is 0 Å². The highest BCUT2D eigenvalue weighted by Crippen LogP contribution is 2.36. The molecule has 0 spiro atoms. The maximum absolute atomic E-state index is 6.31. The topological polar surface area (TPSA) is 24.9 Å². The lowest BCUT2D eigenvalue weighted by Crippen LogP contribution is -2.22. The number of hydrogen-bond donors (Lipinski definition) is 1. The van der Waals surface area contributed by atoms with E-state index in [2.05, 4.69) is 24.1 Å². The van der Waals surface area contributed by atoms with E-state index in [-0.39, 0.29) is 6.04 Å². The monoisotopic (exact) mass is 314 g/mol. The average molecular weight is 315 g/mol. The minimum Gasteiger partial charge on any atom is -0.304 e. The molecule has 1 aromatic carbocycles. The number of aromatic nitrogens is 1. The van der Waals surface area contributed by atoms with E-state index >= 15 is 0 Å². The van der Waals surface area contributed by atoms with Gasteiger partial charge in [0.25, 0.3) is 0 Å². The normalized spacial score (nSPS) is 12.7. The lowest BCUT2D eigenvalue weighted by molar-refractivity contribution is 0.626. The van der Waals surface area contributed by atoms with Crippen LogP contribution in [0.5, 0.6) is 0 Å². The van der Waals surface area contributed by atoms with Crippen LogP contribution in [0, 0.1) is 13.8 Å². The molecular formula is C14H16Cl2N2S. The Balaban J connectivity index is 2.51. The van der Waals surface area contributed by atoms with Gasteiger partial charge in [0.2, 0.25) is 0 Å². The zero-order valence-electron chi connectivity index (χ0n) is 11.1. The van der Waals surface area contributed by atoms with Crippen molar-refractivity contribution in [2.24, 2.45) is 0 Å². The highest BCUT2D eigenvalue weighted by atomic mass is 35.5. The molecule has 2 nitrogen and oxygen atoms in total. The van der Waals surface area contributed by atoms with E-state index in [1.165, 1.54) is 4.88 Å². The van der Waals surface area contributed by atoms with Crippen molar-refractivity contribution in [1.82, 2.24) is 10.3 Å². The standard InChI is InChI=1S/C14H16Cl2N2S/c1-4-17-13(14-18-8(2)9(3)19-14)12-10(15)6-5-7-11(12)16/h5-7,13,17H,4H2,1-3H3. The molecule has 2 aromatic rings. The summed E-state index contributed by atoms with van der Waals surface area (Å²) in [5, 5.41) is 5.76. The number of nitrogens with zero attached hydrogens (tertiary/aromatic N) is 1. The number of benzene rings is 1. The Morgan fingerprint density at radius 1 is 1.26 bits per heavy atom. The first-order chi connectivity index (χ1) is 9.04. The maximum Gasteiger partial charge on any atom is 0.115 e. The molecule has 1 atom stereocenters. The van der Waals surface area contributed by atoms with Crippen molar-refractivity contribution >= 4 is 34.5 Å². The largest absolute Gasteiger partial charge is 0.304 e. The fourth-order valence-electron chi connectivity index (χ4n) is 1.92. The van der Waals surface area contributed by atoms with Crippen LogP contribution in [0.15, 0.2) is 18.2 Å². The van der Waals surface area contributed by atoms with E-state index in [0.717, 1.165) is 22.8 Å². The van der Waals surface area contributed by atoms with Crippen molar-refractivity contribution in [3.8, 4) is 0 Å². The minimum absolute atomic E-state index is 0.0522. The molecule has 19 heavy (non-hydrogen) atoms. The van der Waals surface area contributed by atoms with Gasteiger partial charge in [-0.25, -0.2) is 4.98 Å². The molecular weight excluding hydrogens is 299 g/mol. The fraction of sp³-hybridized carbons (Fsp3) is 0.357. The van der Waals surface area contributed by atoms with E-state index in [1.54, 1.807) is 11.3 Å². The smallest absolute Gasteiger partial charge is 0.115 e. The number of aryl methyl sites for hydroxylation is 2. The van der Waals surface area contributed by atoms with Crippen LogP contribution in [0.25, 0.3) is 0 Å². The SMILES string of the molecule is CCNC(c1nc(C)c(C)s1)c1c(Cl)cccc1Cl. The molecule has 2 rings (SSSR count). The van der Waals surface area contributed by atoms with Gasteiger partial charge in [-0.05, 0) is 32.5 Å².